The Morgan fingerprint density at radius 1 is 1.07 bits per heavy atom. The first-order valence-electron chi connectivity index (χ1n) is 6.17. The minimum atomic E-state index is -0.00708. The molecule has 0 atom stereocenters. The predicted molar refractivity (Wildman–Crippen MR) is 67.3 cm³/mol. The van der Waals surface area contributed by atoms with Crippen LogP contribution in [0.2, 0.25) is 0 Å². The molecule has 0 rings (SSSR count). The highest BCUT2D eigenvalue weighted by Gasteiger charge is 2.25. The second kappa shape index (κ2) is 6.49. The third kappa shape index (κ3) is 6.16. The van der Waals surface area contributed by atoms with E-state index in [0.717, 1.165) is 19.6 Å². The van der Waals surface area contributed by atoms with Crippen molar-refractivity contribution in [1.82, 2.24) is 5.32 Å². The third-order valence-corrected chi connectivity index (χ3v) is 3.22. The standard InChI is InChI=1S/C13H29NO/c1-7-13(8-2,11-14-6)9-10-15-12(3,4)5/h14H,7-11H2,1-6H3. The number of rotatable bonds is 7. The zero-order chi connectivity index (χ0) is 11.9. The largest absolute Gasteiger partial charge is 0.376 e. The fourth-order valence-electron chi connectivity index (χ4n) is 1.89. The van der Waals surface area contributed by atoms with Gasteiger partial charge in [-0.05, 0) is 52.5 Å². The highest BCUT2D eigenvalue weighted by atomic mass is 16.5. The van der Waals surface area contributed by atoms with Gasteiger partial charge in [0.1, 0.15) is 0 Å². The van der Waals surface area contributed by atoms with Crippen LogP contribution >= 0.6 is 0 Å². The van der Waals surface area contributed by atoms with E-state index in [4.69, 9.17) is 4.74 Å². The van der Waals surface area contributed by atoms with Gasteiger partial charge < -0.3 is 10.1 Å². The summed E-state index contributed by atoms with van der Waals surface area (Å²) in [6, 6.07) is 0. The number of hydrogen-bond donors (Lipinski definition) is 1. The second-order valence-electron chi connectivity index (χ2n) is 5.45. The fraction of sp³-hybridized carbons (Fsp3) is 1.00. The van der Waals surface area contributed by atoms with Gasteiger partial charge in [0.15, 0.2) is 0 Å². The Morgan fingerprint density at radius 3 is 1.93 bits per heavy atom. The molecule has 0 aromatic carbocycles. The molecule has 92 valence electrons. The molecule has 0 heterocycles. The van der Waals surface area contributed by atoms with Crippen LogP contribution in [0.25, 0.3) is 0 Å². The van der Waals surface area contributed by atoms with Crippen LogP contribution in [0.1, 0.15) is 53.9 Å². The predicted octanol–water partition coefficient (Wildman–Crippen LogP) is 3.22. The molecule has 0 aliphatic rings. The topological polar surface area (TPSA) is 21.3 Å². The summed E-state index contributed by atoms with van der Waals surface area (Å²) in [6.45, 7) is 12.9. The molecule has 0 saturated carbocycles. The molecule has 1 N–H and O–H groups in total. The summed E-state index contributed by atoms with van der Waals surface area (Å²) in [5.74, 6) is 0. The SMILES string of the molecule is CCC(CC)(CCOC(C)(C)C)CNC. The zero-order valence-corrected chi connectivity index (χ0v) is 11.4. The van der Waals surface area contributed by atoms with Crippen molar-refractivity contribution in [2.45, 2.75) is 59.5 Å². The van der Waals surface area contributed by atoms with Crippen molar-refractivity contribution in [1.29, 1.82) is 0 Å². The number of ether oxygens (including phenoxy) is 1. The van der Waals surface area contributed by atoms with Gasteiger partial charge in [0.25, 0.3) is 0 Å². The summed E-state index contributed by atoms with van der Waals surface area (Å²) in [5, 5.41) is 3.30. The molecule has 0 bridgehead atoms. The Morgan fingerprint density at radius 2 is 1.60 bits per heavy atom. The molecule has 0 fully saturated rings. The van der Waals surface area contributed by atoms with Crippen molar-refractivity contribution in [3.8, 4) is 0 Å². The molecule has 0 radical (unpaired) electrons. The van der Waals surface area contributed by atoms with Crippen molar-refractivity contribution in [2.24, 2.45) is 5.41 Å². The average molecular weight is 215 g/mol. The first-order chi connectivity index (χ1) is 6.89. The van der Waals surface area contributed by atoms with E-state index in [1.54, 1.807) is 0 Å². The van der Waals surface area contributed by atoms with Gasteiger partial charge in [-0.1, -0.05) is 13.8 Å². The molecule has 15 heavy (non-hydrogen) atoms. The van der Waals surface area contributed by atoms with Crippen LogP contribution in [0.5, 0.6) is 0 Å². The molecule has 0 aliphatic carbocycles. The molecule has 0 unspecified atom stereocenters. The maximum absolute atomic E-state index is 5.81. The van der Waals surface area contributed by atoms with Crippen LogP contribution in [-0.2, 0) is 4.74 Å². The highest BCUT2D eigenvalue weighted by Crippen LogP contribution is 2.30. The minimum Gasteiger partial charge on any atom is -0.376 e. The van der Waals surface area contributed by atoms with Gasteiger partial charge >= 0.3 is 0 Å². The first kappa shape index (κ1) is 14.9. The van der Waals surface area contributed by atoms with Crippen molar-refractivity contribution in [3.05, 3.63) is 0 Å². The Bertz CT molecular complexity index is 156. The van der Waals surface area contributed by atoms with E-state index in [1.807, 2.05) is 7.05 Å². The third-order valence-electron chi connectivity index (χ3n) is 3.22. The van der Waals surface area contributed by atoms with Gasteiger partial charge in [-0.15, -0.1) is 0 Å². The van der Waals surface area contributed by atoms with Crippen LogP contribution in [0.15, 0.2) is 0 Å². The summed E-state index contributed by atoms with van der Waals surface area (Å²) in [6.07, 6.45) is 3.59. The van der Waals surface area contributed by atoms with Gasteiger partial charge in [0.2, 0.25) is 0 Å². The van der Waals surface area contributed by atoms with E-state index >= 15 is 0 Å². The monoisotopic (exact) mass is 215 g/mol. The Kier molecular flexibility index (Phi) is 6.46. The van der Waals surface area contributed by atoms with Crippen molar-refractivity contribution >= 4 is 0 Å². The Labute approximate surface area is 95.8 Å². The van der Waals surface area contributed by atoms with Gasteiger partial charge in [-0.3, -0.25) is 0 Å². The average Bonchev–Trinajstić information content (AvgIpc) is 2.14. The number of hydrogen-bond acceptors (Lipinski definition) is 2. The Balaban J connectivity index is 4.06. The molecule has 0 aromatic rings. The zero-order valence-electron chi connectivity index (χ0n) is 11.4. The molecule has 0 aromatic heterocycles. The fourth-order valence-corrected chi connectivity index (χ4v) is 1.89. The second-order valence-corrected chi connectivity index (χ2v) is 5.45. The van der Waals surface area contributed by atoms with Crippen LogP contribution in [-0.4, -0.2) is 25.8 Å². The maximum Gasteiger partial charge on any atom is 0.0598 e. The van der Waals surface area contributed by atoms with E-state index in [1.165, 1.54) is 12.8 Å². The lowest BCUT2D eigenvalue weighted by atomic mass is 9.79. The van der Waals surface area contributed by atoms with Gasteiger partial charge in [0.05, 0.1) is 5.60 Å². The van der Waals surface area contributed by atoms with Crippen LogP contribution < -0.4 is 5.32 Å². The molecule has 0 saturated heterocycles. The molecular formula is C13H29NO. The van der Waals surface area contributed by atoms with Crippen LogP contribution in [0.3, 0.4) is 0 Å². The lowest BCUT2D eigenvalue weighted by molar-refractivity contribution is -0.0198. The highest BCUT2D eigenvalue weighted by molar-refractivity contribution is 4.78. The molecule has 2 heteroatoms. The Hall–Kier alpha value is -0.0800. The summed E-state index contributed by atoms with van der Waals surface area (Å²) in [4.78, 5) is 0. The van der Waals surface area contributed by atoms with Crippen molar-refractivity contribution in [3.63, 3.8) is 0 Å². The van der Waals surface area contributed by atoms with E-state index in [9.17, 15) is 0 Å². The summed E-state index contributed by atoms with van der Waals surface area (Å²) >= 11 is 0. The van der Waals surface area contributed by atoms with E-state index in [-0.39, 0.29) is 5.60 Å². The van der Waals surface area contributed by atoms with Crippen molar-refractivity contribution in [2.75, 3.05) is 20.2 Å². The van der Waals surface area contributed by atoms with E-state index in [0.29, 0.717) is 5.41 Å². The lowest BCUT2D eigenvalue weighted by Gasteiger charge is -2.33. The quantitative estimate of drug-likeness (QED) is 0.704. The molecular weight excluding hydrogens is 186 g/mol. The van der Waals surface area contributed by atoms with Crippen molar-refractivity contribution < 1.29 is 4.74 Å². The normalized spacial score (nSPS) is 13.2. The van der Waals surface area contributed by atoms with E-state index in [2.05, 4.69) is 39.9 Å². The lowest BCUT2D eigenvalue weighted by Crippen LogP contribution is -2.34. The summed E-state index contributed by atoms with van der Waals surface area (Å²) < 4.78 is 5.81. The van der Waals surface area contributed by atoms with Crippen LogP contribution in [0, 0.1) is 5.41 Å². The molecule has 0 amide bonds. The van der Waals surface area contributed by atoms with Gasteiger partial charge in [-0.2, -0.15) is 0 Å². The molecule has 2 nitrogen and oxygen atoms in total. The van der Waals surface area contributed by atoms with Crippen LogP contribution in [0.4, 0.5) is 0 Å². The minimum absolute atomic E-state index is 0.00708. The summed E-state index contributed by atoms with van der Waals surface area (Å²) in [7, 11) is 2.03. The molecule has 0 spiro atoms. The van der Waals surface area contributed by atoms with Gasteiger partial charge in [-0.25, -0.2) is 0 Å². The first-order valence-corrected chi connectivity index (χ1v) is 6.17. The van der Waals surface area contributed by atoms with Gasteiger partial charge in [0, 0.05) is 13.2 Å². The number of nitrogens with one attached hydrogen (secondary N) is 1. The smallest absolute Gasteiger partial charge is 0.0598 e. The summed E-state index contributed by atoms with van der Waals surface area (Å²) in [5.41, 5.74) is 0.410. The molecule has 0 aliphatic heterocycles. The maximum atomic E-state index is 5.81. The van der Waals surface area contributed by atoms with E-state index < -0.39 is 0 Å².